The minimum absolute atomic E-state index is 0.0763. The number of methoxy groups -OCH3 is 1. The second-order valence-electron chi connectivity index (χ2n) is 7.15. The number of aryl methyl sites for hydroxylation is 2. The lowest BCUT2D eigenvalue weighted by molar-refractivity contribution is 0.102. The van der Waals surface area contributed by atoms with E-state index in [4.69, 9.17) is 4.74 Å². The highest BCUT2D eigenvalue weighted by Crippen LogP contribution is 2.25. The van der Waals surface area contributed by atoms with E-state index in [-0.39, 0.29) is 10.8 Å². The number of fused-ring (bicyclic) bond motifs is 1. The van der Waals surface area contributed by atoms with Crippen molar-refractivity contribution >= 4 is 27.3 Å². The van der Waals surface area contributed by atoms with Crippen LogP contribution < -0.4 is 14.8 Å². The monoisotopic (exact) mass is 422 g/mol. The Hall–Kier alpha value is -3.32. The topological polar surface area (TPSA) is 84.5 Å². The van der Waals surface area contributed by atoms with Crippen molar-refractivity contribution in [2.45, 2.75) is 24.2 Å². The summed E-state index contributed by atoms with van der Waals surface area (Å²) in [5.74, 6) is 0.358. The number of amides is 1. The first-order valence-electron chi connectivity index (χ1n) is 9.65. The molecule has 0 heterocycles. The predicted molar refractivity (Wildman–Crippen MR) is 117 cm³/mol. The molecule has 0 saturated heterocycles. The molecule has 3 aromatic rings. The number of hydrogen-bond acceptors (Lipinski definition) is 4. The van der Waals surface area contributed by atoms with E-state index >= 15 is 0 Å². The number of anilines is 2. The van der Waals surface area contributed by atoms with Crippen LogP contribution in [0.15, 0.2) is 71.6 Å². The third-order valence-corrected chi connectivity index (χ3v) is 6.52. The van der Waals surface area contributed by atoms with Crippen molar-refractivity contribution in [3.05, 3.63) is 83.4 Å². The molecule has 0 atom stereocenters. The standard InChI is InChI=1S/C23H22N2O4S/c1-29-21-11-9-19(10-12-21)25-30(27,28)22-13-6-17(7-14-22)23(26)24-20-8-5-16-3-2-4-18(16)15-20/h5-15,25H,2-4H2,1H3,(H,24,26). The second kappa shape index (κ2) is 8.20. The summed E-state index contributed by atoms with van der Waals surface area (Å²) in [6.07, 6.45) is 3.27. The molecule has 0 aliphatic heterocycles. The first-order chi connectivity index (χ1) is 14.4. The Morgan fingerprint density at radius 1 is 0.867 bits per heavy atom. The fourth-order valence-corrected chi connectivity index (χ4v) is 4.57. The molecule has 0 aromatic heterocycles. The van der Waals surface area contributed by atoms with E-state index in [9.17, 15) is 13.2 Å². The summed E-state index contributed by atoms with van der Waals surface area (Å²) >= 11 is 0. The van der Waals surface area contributed by atoms with Gasteiger partial charge in [0.2, 0.25) is 0 Å². The van der Waals surface area contributed by atoms with Crippen molar-refractivity contribution < 1.29 is 17.9 Å². The van der Waals surface area contributed by atoms with E-state index in [1.165, 1.54) is 35.4 Å². The highest BCUT2D eigenvalue weighted by molar-refractivity contribution is 7.92. The Morgan fingerprint density at radius 3 is 2.23 bits per heavy atom. The Bertz CT molecular complexity index is 1170. The first-order valence-corrected chi connectivity index (χ1v) is 11.1. The lowest BCUT2D eigenvalue weighted by atomic mass is 10.1. The molecule has 0 saturated carbocycles. The van der Waals surface area contributed by atoms with Crippen LogP contribution in [-0.2, 0) is 22.9 Å². The summed E-state index contributed by atoms with van der Waals surface area (Å²) < 4.78 is 32.8. The SMILES string of the molecule is COc1ccc(NS(=O)(=O)c2ccc(C(=O)Nc3ccc4c(c3)CCC4)cc2)cc1. The van der Waals surface area contributed by atoms with Crippen molar-refractivity contribution in [2.24, 2.45) is 0 Å². The van der Waals surface area contributed by atoms with Gasteiger partial charge in [-0.3, -0.25) is 9.52 Å². The zero-order valence-electron chi connectivity index (χ0n) is 16.5. The summed E-state index contributed by atoms with van der Waals surface area (Å²) in [7, 11) is -2.22. The zero-order valence-corrected chi connectivity index (χ0v) is 17.3. The number of benzene rings is 3. The molecule has 1 aliphatic carbocycles. The second-order valence-corrected chi connectivity index (χ2v) is 8.83. The number of carbonyl (C=O) groups excluding carboxylic acids is 1. The molecule has 1 aliphatic rings. The molecule has 2 N–H and O–H groups in total. The Kier molecular flexibility index (Phi) is 5.46. The van der Waals surface area contributed by atoms with Crippen LogP contribution in [0.4, 0.5) is 11.4 Å². The number of ether oxygens (including phenoxy) is 1. The first kappa shape index (κ1) is 20.0. The van der Waals surface area contributed by atoms with Crippen LogP contribution in [0.25, 0.3) is 0 Å². The van der Waals surface area contributed by atoms with Gasteiger partial charge in [0.05, 0.1) is 12.0 Å². The minimum Gasteiger partial charge on any atom is -0.497 e. The third kappa shape index (κ3) is 4.31. The number of nitrogens with one attached hydrogen (secondary N) is 2. The van der Waals surface area contributed by atoms with Gasteiger partial charge in [-0.1, -0.05) is 6.07 Å². The molecule has 4 rings (SSSR count). The molecule has 0 spiro atoms. The molecule has 1 amide bonds. The molecule has 7 heteroatoms. The molecule has 0 radical (unpaired) electrons. The van der Waals surface area contributed by atoms with Gasteiger partial charge in [0.1, 0.15) is 5.75 Å². The summed E-state index contributed by atoms with van der Waals surface area (Å²) in [5.41, 5.74) is 4.18. The third-order valence-electron chi connectivity index (χ3n) is 5.13. The molecule has 3 aromatic carbocycles. The van der Waals surface area contributed by atoms with E-state index in [1.54, 1.807) is 31.4 Å². The van der Waals surface area contributed by atoms with Crippen LogP contribution in [0.1, 0.15) is 27.9 Å². The van der Waals surface area contributed by atoms with Crippen molar-refractivity contribution in [1.29, 1.82) is 0 Å². The van der Waals surface area contributed by atoms with Crippen LogP contribution in [0, 0.1) is 0 Å². The normalized spacial score (nSPS) is 12.8. The Labute approximate surface area is 176 Å². The molecular formula is C23H22N2O4S. The van der Waals surface area contributed by atoms with Crippen molar-refractivity contribution in [3.63, 3.8) is 0 Å². The molecule has 0 fully saturated rings. The van der Waals surface area contributed by atoms with Crippen molar-refractivity contribution in [2.75, 3.05) is 17.1 Å². The Morgan fingerprint density at radius 2 is 1.53 bits per heavy atom. The average molecular weight is 423 g/mol. The van der Waals surface area contributed by atoms with E-state index in [0.717, 1.165) is 24.9 Å². The minimum atomic E-state index is -3.76. The average Bonchev–Trinajstić information content (AvgIpc) is 3.22. The molecule has 6 nitrogen and oxygen atoms in total. The van der Waals surface area contributed by atoms with Gasteiger partial charge in [-0.2, -0.15) is 0 Å². The highest BCUT2D eigenvalue weighted by atomic mass is 32.2. The van der Waals surface area contributed by atoms with E-state index < -0.39 is 10.0 Å². The number of sulfonamides is 1. The maximum atomic E-state index is 12.6. The number of carbonyl (C=O) groups is 1. The fraction of sp³-hybridized carbons (Fsp3) is 0.174. The predicted octanol–water partition coefficient (Wildman–Crippen LogP) is 4.24. The van der Waals surface area contributed by atoms with Gasteiger partial charge < -0.3 is 10.1 Å². The highest BCUT2D eigenvalue weighted by Gasteiger charge is 2.16. The zero-order chi connectivity index (χ0) is 21.1. The molecule has 0 bridgehead atoms. The summed E-state index contributed by atoms with van der Waals surface area (Å²) in [6, 6.07) is 18.4. The van der Waals surface area contributed by atoms with Gasteiger partial charge in [-0.05, 0) is 91.1 Å². The molecule has 0 unspecified atom stereocenters. The van der Waals surface area contributed by atoms with Crippen LogP contribution in [0.3, 0.4) is 0 Å². The smallest absolute Gasteiger partial charge is 0.261 e. The van der Waals surface area contributed by atoms with E-state index in [2.05, 4.69) is 16.1 Å². The molecule has 30 heavy (non-hydrogen) atoms. The van der Waals surface area contributed by atoms with Gasteiger partial charge in [0.15, 0.2) is 0 Å². The maximum absolute atomic E-state index is 12.6. The van der Waals surface area contributed by atoms with Crippen LogP contribution in [0.2, 0.25) is 0 Å². The van der Waals surface area contributed by atoms with Gasteiger partial charge in [-0.25, -0.2) is 8.42 Å². The summed E-state index contributed by atoms with van der Waals surface area (Å²) in [6.45, 7) is 0. The fourth-order valence-electron chi connectivity index (χ4n) is 3.51. The van der Waals surface area contributed by atoms with Gasteiger partial charge in [0, 0.05) is 16.9 Å². The van der Waals surface area contributed by atoms with Crippen molar-refractivity contribution in [3.8, 4) is 5.75 Å². The van der Waals surface area contributed by atoms with Gasteiger partial charge >= 0.3 is 0 Å². The largest absolute Gasteiger partial charge is 0.497 e. The van der Waals surface area contributed by atoms with Crippen molar-refractivity contribution in [1.82, 2.24) is 0 Å². The van der Waals surface area contributed by atoms with E-state index in [1.807, 2.05) is 12.1 Å². The number of rotatable bonds is 6. The van der Waals surface area contributed by atoms with Crippen LogP contribution >= 0.6 is 0 Å². The molecular weight excluding hydrogens is 400 g/mol. The lowest BCUT2D eigenvalue weighted by Gasteiger charge is -2.10. The van der Waals surface area contributed by atoms with E-state index in [0.29, 0.717) is 17.0 Å². The molecule has 154 valence electrons. The summed E-state index contributed by atoms with van der Waals surface area (Å²) in [5, 5.41) is 2.88. The lowest BCUT2D eigenvalue weighted by Crippen LogP contribution is -2.15. The van der Waals surface area contributed by atoms with Crippen LogP contribution in [-0.4, -0.2) is 21.4 Å². The van der Waals surface area contributed by atoms with Crippen LogP contribution in [0.5, 0.6) is 5.75 Å². The van der Waals surface area contributed by atoms with Gasteiger partial charge in [-0.15, -0.1) is 0 Å². The van der Waals surface area contributed by atoms with Gasteiger partial charge in [0.25, 0.3) is 15.9 Å². The quantitative estimate of drug-likeness (QED) is 0.622. The number of hydrogen-bond donors (Lipinski definition) is 2. The summed E-state index contributed by atoms with van der Waals surface area (Å²) in [4.78, 5) is 12.6. The maximum Gasteiger partial charge on any atom is 0.261 e. The Balaban J connectivity index is 1.45.